The Morgan fingerprint density at radius 1 is 1.44 bits per heavy atom. The predicted molar refractivity (Wildman–Crippen MR) is 75.9 cm³/mol. The maximum absolute atomic E-state index is 5.87. The average molecular weight is 303 g/mol. The van der Waals surface area contributed by atoms with Gasteiger partial charge in [0, 0.05) is 16.0 Å². The topological polar surface area (TPSA) is 12.0 Å². The van der Waals surface area contributed by atoms with Crippen molar-refractivity contribution in [1.29, 1.82) is 0 Å². The van der Waals surface area contributed by atoms with Gasteiger partial charge in [0.05, 0.1) is 0 Å². The molecule has 0 aliphatic rings. The average Bonchev–Trinajstić information content (AvgIpc) is 2.20. The van der Waals surface area contributed by atoms with Crippen molar-refractivity contribution in [2.24, 2.45) is 5.92 Å². The number of halogens is 2. The van der Waals surface area contributed by atoms with E-state index < -0.39 is 0 Å². The van der Waals surface area contributed by atoms with Gasteiger partial charge in [-0.2, -0.15) is 0 Å². The lowest BCUT2D eigenvalue weighted by Gasteiger charge is -2.04. The number of hydrogen-bond acceptors (Lipinski definition) is 1. The molecule has 3 heteroatoms. The van der Waals surface area contributed by atoms with Crippen molar-refractivity contribution < 1.29 is 0 Å². The van der Waals surface area contributed by atoms with Crippen LogP contribution in [0.2, 0.25) is 5.02 Å². The van der Waals surface area contributed by atoms with Crippen LogP contribution in [0.5, 0.6) is 0 Å². The van der Waals surface area contributed by atoms with Gasteiger partial charge in [0.2, 0.25) is 0 Å². The normalized spacial score (nSPS) is 11.6. The summed E-state index contributed by atoms with van der Waals surface area (Å²) in [5.41, 5.74) is 1.15. The third-order valence-corrected chi connectivity index (χ3v) is 3.00. The molecule has 0 aliphatic carbocycles. The van der Waals surface area contributed by atoms with Gasteiger partial charge in [-0.25, -0.2) is 0 Å². The number of hydrogen-bond donors (Lipinski definition) is 1. The first-order valence-electron chi connectivity index (χ1n) is 5.42. The van der Waals surface area contributed by atoms with E-state index in [2.05, 4.69) is 47.2 Å². The smallest absolute Gasteiger partial charge is 0.0417 e. The van der Waals surface area contributed by atoms with Crippen molar-refractivity contribution in [2.45, 2.75) is 13.8 Å². The molecule has 0 unspecified atom stereocenters. The van der Waals surface area contributed by atoms with Crippen molar-refractivity contribution in [3.63, 3.8) is 0 Å². The zero-order valence-corrected chi connectivity index (χ0v) is 12.0. The first-order valence-corrected chi connectivity index (χ1v) is 6.59. The summed E-state index contributed by atoms with van der Waals surface area (Å²) in [6, 6.07) is 5.81. The second kappa shape index (κ2) is 7.10. The number of nitrogens with one attached hydrogen (secondary N) is 1. The Morgan fingerprint density at radius 3 is 2.81 bits per heavy atom. The molecule has 0 saturated carbocycles. The summed E-state index contributed by atoms with van der Waals surface area (Å²) in [4.78, 5) is 0. The molecule has 1 aromatic carbocycles. The van der Waals surface area contributed by atoms with Gasteiger partial charge in [-0.15, -0.1) is 0 Å². The van der Waals surface area contributed by atoms with Crippen LogP contribution >= 0.6 is 27.5 Å². The lowest BCUT2D eigenvalue weighted by molar-refractivity contribution is 0.577. The molecule has 0 saturated heterocycles. The molecule has 0 radical (unpaired) electrons. The van der Waals surface area contributed by atoms with Crippen LogP contribution in [0.4, 0.5) is 0 Å². The predicted octanol–water partition coefficient (Wildman–Crippen LogP) is 4.36. The van der Waals surface area contributed by atoms with Crippen LogP contribution in [-0.4, -0.2) is 13.1 Å². The first-order chi connectivity index (χ1) is 7.59. The molecule has 0 heterocycles. The summed E-state index contributed by atoms with van der Waals surface area (Å²) >= 11 is 9.35. The molecule has 1 nitrogen and oxygen atoms in total. The van der Waals surface area contributed by atoms with Gasteiger partial charge in [-0.3, -0.25) is 0 Å². The van der Waals surface area contributed by atoms with E-state index in [9.17, 15) is 0 Å². The first kappa shape index (κ1) is 13.8. The van der Waals surface area contributed by atoms with Gasteiger partial charge in [-0.05, 0) is 30.2 Å². The van der Waals surface area contributed by atoms with Crippen LogP contribution in [0, 0.1) is 5.92 Å². The van der Waals surface area contributed by atoms with Crippen molar-refractivity contribution >= 4 is 33.6 Å². The highest BCUT2D eigenvalue weighted by atomic mass is 79.9. The lowest BCUT2D eigenvalue weighted by atomic mass is 10.2. The highest BCUT2D eigenvalue weighted by Gasteiger charge is 1.96. The van der Waals surface area contributed by atoms with Gasteiger partial charge in [0.15, 0.2) is 0 Å². The number of benzene rings is 1. The zero-order valence-electron chi connectivity index (χ0n) is 9.63. The maximum Gasteiger partial charge on any atom is 0.0417 e. The molecule has 0 fully saturated rings. The quantitative estimate of drug-likeness (QED) is 0.797. The Balaban J connectivity index is 2.44. The van der Waals surface area contributed by atoms with Gasteiger partial charge in [-0.1, -0.05) is 59.6 Å². The van der Waals surface area contributed by atoms with Crippen molar-refractivity contribution in [2.75, 3.05) is 13.1 Å². The van der Waals surface area contributed by atoms with Crippen molar-refractivity contribution in [3.05, 3.63) is 39.3 Å². The van der Waals surface area contributed by atoms with Crippen LogP contribution in [0.3, 0.4) is 0 Å². The molecule has 0 amide bonds. The van der Waals surface area contributed by atoms with Crippen LogP contribution in [0.25, 0.3) is 6.08 Å². The second-order valence-corrected chi connectivity index (χ2v) is 5.41. The van der Waals surface area contributed by atoms with E-state index in [4.69, 9.17) is 11.6 Å². The maximum atomic E-state index is 5.87. The van der Waals surface area contributed by atoms with Crippen LogP contribution < -0.4 is 5.32 Å². The largest absolute Gasteiger partial charge is 0.313 e. The summed E-state index contributed by atoms with van der Waals surface area (Å²) in [5, 5.41) is 4.11. The molecule has 1 N–H and O–H groups in total. The Morgan fingerprint density at radius 2 is 2.19 bits per heavy atom. The van der Waals surface area contributed by atoms with E-state index in [1.54, 1.807) is 0 Å². The van der Waals surface area contributed by atoms with Crippen LogP contribution in [0.1, 0.15) is 19.4 Å². The van der Waals surface area contributed by atoms with Crippen molar-refractivity contribution in [3.8, 4) is 0 Å². The Labute approximate surface area is 111 Å². The molecule has 0 spiro atoms. The summed E-state index contributed by atoms with van der Waals surface area (Å²) in [7, 11) is 0. The zero-order chi connectivity index (χ0) is 12.0. The third-order valence-electron chi connectivity index (χ3n) is 2.07. The molecule has 88 valence electrons. The standard InChI is InChI=1S/C13H17BrClN/c1-10(2)9-16-7-3-4-11-5-6-12(15)8-13(11)14/h3-6,8,10,16H,7,9H2,1-2H3/b4-3+. The third kappa shape index (κ3) is 5.15. The molecule has 0 aliphatic heterocycles. The lowest BCUT2D eigenvalue weighted by Crippen LogP contribution is -2.19. The van der Waals surface area contributed by atoms with E-state index in [1.807, 2.05) is 18.2 Å². The Hall–Kier alpha value is -0.310. The van der Waals surface area contributed by atoms with E-state index in [-0.39, 0.29) is 0 Å². The van der Waals surface area contributed by atoms with E-state index in [1.165, 1.54) is 0 Å². The van der Waals surface area contributed by atoms with Gasteiger partial charge >= 0.3 is 0 Å². The summed E-state index contributed by atoms with van der Waals surface area (Å²) in [6.07, 6.45) is 4.21. The van der Waals surface area contributed by atoms with E-state index in [0.717, 1.165) is 28.1 Å². The minimum Gasteiger partial charge on any atom is -0.313 e. The Bertz CT molecular complexity index is 361. The SMILES string of the molecule is CC(C)CNC/C=C/c1ccc(Cl)cc1Br. The minimum absolute atomic E-state index is 0.690. The van der Waals surface area contributed by atoms with Gasteiger partial charge in [0.1, 0.15) is 0 Å². The van der Waals surface area contributed by atoms with Gasteiger partial charge in [0.25, 0.3) is 0 Å². The summed E-state index contributed by atoms with van der Waals surface area (Å²) < 4.78 is 1.03. The fourth-order valence-corrected chi connectivity index (χ4v) is 2.09. The van der Waals surface area contributed by atoms with Gasteiger partial charge < -0.3 is 5.32 Å². The molecule has 16 heavy (non-hydrogen) atoms. The second-order valence-electron chi connectivity index (χ2n) is 4.12. The minimum atomic E-state index is 0.690. The summed E-state index contributed by atoms with van der Waals surface area (Å²) in [5.74, 6) is 0.690. The monoisotopic (exact) mass is 301 g/mol. The number of rotatable bonds is 5. The summed E-state index contributed by atoms with van der Waals surface area (Å²) in [6.45, 7) is 6.35. The molecular weight excluding hydrogens is 286 g/mol. The molecule has 0 atom stereocenters. The Kier molecular flexibility index (Phi) is 6.10. The molecule has 1 rings (SSSR count). The molecule has 1 aromatic rings. The highest BCUT2D eigenvalue weighted by Crippen LogP contribution is 2.22. The molecule has 0 aromatic heterocycles. The van der Waals surface area contributed by atoms with Crippen LogP contribution in [0.15, 0.2) is 28.7 Å². The highest BCUT2D eigenvalue weighted by molar-refractivity contribution is 9.10. The molecule has 0 bridgehead atoms. The van der Waals surface area contributed by atoms with E-state index >= 15 is 0 Å². The van der Waals surface area contributed by atoms with Crippen molar-refractivity contribution in [1.82, 2.24) is 5.32 Å². The fourth-order valence-electron chi connectivity index (χ4n) is 1.28. The van der Waals surface area contributed by atoms with Crippen LogP contribution in [-0.2, 0) is 0 Å². The fraction of sp³-hybridized carbons (Fsp3) is 0.385. The van der Waals surface area contributed by atoms with E-state index in [0.29, 0.717) is 5.92 Å². The molecular formula is C13H17BrClN.